The second-order valence-corrected chi connectivity index (χ2v) is 7.69. The van der Waals surface area contributed by atoms with Crippen molar-refractivity contribution in [1.82, 2.24) is 10.0 Å². The molecule has 0 aromatic rings. The van der Waals surface area contributed by atoms with Crippen LogP contribution in [0.5, 0.6) is 0 Å². The van der Waals surface area contributed by atoms with E-state index in [1.165, 1.54) is 0 Å². The first-order valence-electron chi connectivity index (χ1n) is 6.23. The summed E-state index contributed by atoms with van der Waals surface area (Å²) in [6.45, 7) is 9.16. The Hall–Kier alpha value is 0.220. The highest BCUT2D eigenvalue weighted by molar-refractivity contribution is 7.99. The lowest BCUT2D eigenvalue weighted by atomic mass is 10.4. The fourth-order valence-corrected chi connectivity index (χ4v) is 3.31. The van der Waals surface area contributed by atoms with Gasteiger partial charge in [-0.15, -0.1) is 0 Å². The molecule has 6 heteroatoms. The maximum absolute atomic E-state index is 11.9. The number of thioether (sulfide) groups is 1. The smallest absolute Gasteiger partial charge is 0.215 e. The Morgan fingerprint density at radius 2 is 1.88 bits per heavy atom. The van der Waals surface area contributed by atoms with Gasteiger partial charge in [0.2, 0.25) is 10.0 Å². The molecule has 0 bridgehead atoms. The molecule has 0 spiro atoms. The highest BCUT2D eigenvalue weighted by Crippen LogP contribution is 2.05. The van der Waals surface area contributed by atoms with Gasteiger partial charge in [-0.05, 0) is 32.6 Å². The molecule has 104 valence electrons. The average molecular weight is 282 g/mol. The van der Waals surface area contributed by atoms with Crippen molar-refractivity contribution < 1.29 is 8.42 Å². The van der Waals surface area contributed by atoms with Crippen LogP contribution in [0.15, 0.2) is 0 Å². The van der Waals surface area contributed by atoms with Crippen LogP contribution in [-0.4, -0.2) is 44.3 Å². The summed E-state index contributed by atoms with van der Waals surface area (Å²) in [6, 6.07) is -0.00132. The maximum atomic E-state index is 11.9. The van der Waals surface area contributed by atoms with E-state index >= 15 is 0 Å². The number of hydrogen-bond donors (Lipinski definition) is 2. The summed E-state index contributed by atoms with van der Waals surface area (Å²) >= 11 is 1.75. The lowest BCUT2D eigenvalue weighted by Crippen LogP contribution is -2.43. The Kier molecular flexibility index (Phi) is 9.31. The highest BCUT2D eigenvalue weighted by atomic mass is 32.2. The van der Waals surface area contributed by atoms with Crippen molar-refractivity contribution >= 4 is 21.8 Å². The van der Waals surface area contributed by atoms with Crippen LogP contribution in [0, 0.1) is 0 Å². The summed E-state index contributed by atoms with van der Waals surface area (Å²) in [5.41, 5.74) is 0. The van der Waals surface area contributed by atoms with Gasteiger partial charge in [0.05, 0.1) is 5.25 Å². The first kappa shape index (κ1) is 17.2. The van der Waals surface area contributed by atoms with Gasteiger partial charge in [0.15, 0.2) is 0 Å². The molecule has 17 heavy (non-hydrogen) atoms. The fourth-order valence-electron chi connectivity index (χ4n) is 1.32. The van der Waals surface area contributed by atoms with E-state index in [0.29, 0.717) is 6.54 Å². The third kappa shape index (κ3) is 8.02. The first-order chi connectivity index (χ1) is 7.94. The molecule has 0 aliphatic rings. The van der Waals surface area contributed by atoms with Crippen LogP contribution in [0.3, 0.4) is 0 Å². The summed E-state index contributed by atoms with van der Waals surface area (Å²) in [7, 11) is -3.20. The van der Waals surface area contributed by atoms with Crippen molar-refractivity contribution in [3.8, 4) is 0 Å². The second kappa shape index (κ2) is 9.19. The molecule has 0 heterocycles. The molecule has 0 aliphatic carbocycles. The molecular formula is C11H26N2O2S2. The van der Waals surface area contributed by atoms with Gasteiger partial charge in [-0.2, -0.15) is 11.8 Å². The number of sulfonamides is 1. The maximum Gasteiger partial charge on any atom is 0.215 e. The standard InChI is InChI=1S/C11H26N2O2S2/c1-5-7-12-8-11(4)17(14,15)13-10(3)9-16-6-2/h10-13H,5-9H2,1-4H3. The largest absolute Gasteiger partial charge is 0.315 e. The molecular weight excluding hydrogens is 256 g/mol. The Bertz CT molecular complexity index is 281. The molecule has 0 fully saturated rings. The minimum Gasteiger partial charge on any atom is -0.315 e. The lowest BCUT2D eigenvalue weighted by molar-refractivity contribution is 0.548. The summed E-state index contributed by atoms with van der Waals surface area (Å²) < 4.78 is 26.6. The quantitative estimate of drug-likeness (QED) is 0.595. The monoisotopic (exact) mass is 282 g/mol. The van der Waals surface area contributed by atoms with Gasteiger partial charge < -0.3 is 5.32 Å². The van der Waals surface area contributed by atoms with Gasteiger partial charge in [0.1, 0.15) is 0 Å². The summed E-state index contributed by atoms with van der Waals surface area (Å²) in [5, 5.41) is 2.75. The van der Waals surface area contributed by atoms with Crippen molar-refractivity contribution in [2.45, 2.75) is 45.4 Å². The third-order valence-electron chi connectivity index (χ3n) is 2.33. The van der Waals surface area contributed by atoms with Crippen molar-refractivity contribution in [3.05, 3.63) is 0 Å². The van der Waals surface area contributed by atoms with Crippen molar-refractivity contribution in [2.24, 2.45) is 0 Å². The topological polar surface area (TPSA) is 58.2 Å². The van der Waals surface area contributed by atoms with Gasteiger partial charge in [-0.25, -0.2) is 13.1 Å². The Morgan fingerprint density at radius 3 is 2.41 bits per heavy atom. The Labute approximate surface area is 110 Å². The second-order valence-electron chi connectivity index (χ2n) is 4.24. The average Bonchev–Trinajstić information content (AvgIpc) is 2.26. The predicted octanol–water partition coefficient (Wildman–Crippen LogP) is 1.44. The van der Waals surface area contributed by atoms with E-state index < -0.39 is 10.0 Å². The van der Waals surface area contributed by atoms with E-state index in [-0.39, 0.29) is 11.3 Å². The van der Waals surface area contributed by atoms with Crippen LogP contribution < -0.4 is 10.0 Å². The number of hydrogen-bond acceptors (Lipinski definition) is 4. The third-order valence-corrected chi connectivity index (χ3v) is 5.43. The van der Waals surface area contributed by atoms with Crippen LogP contribution in [-0.2, 0) is 10.0 Å². The predicted molar refractivity (Wildman–Crippen MR) is 77.1 cm³/mol. The summed E-state index contributed by atoms with van der Waals surface area (Å²) in [5.74, 6) is 1.84. The molecule has 0 rings (SSSR count). The molecule has 0 amide bonds. The minimum atomic E-state index is -3.20. The summed E-state index contributed by atoms with van der Waals surface area (Å²) in [4.78, 5) is 0. The van der Waals surface area contributed by atoms with Gasteiger partial charge in [-0.1, -0.05) is 13.8 Å². The fraction of sp³-hybridized carbons (Fsp3) is 1.00. The van der Waals surface area contributed by atoms with Crippen LogP contribution >= 0.6 is 11.8 Å². The van der Waals surface area contributed by atoms with Crippen molar-refractivity contribution in [1.29, 1.82) is 0 Å². The number of nitrogens with one attached hydrogen (secondary N) is 2. The molecule has 2 atom stereocenters. The van der Waals surface area contributed by atoms with Gasteiger partial charge in [0, 0.05) is 18.3 Å². The first-order valence-corrected chi connectivity index (χ1v) is 8.93. The van der Waals surface area contributed by atoms with Crippen LogP contribution in [0.1, 0.15) is 34.1 Å². The number of rotatable bonds is 10. The SMILES string of the molecule is CCCNCC(C)S(=O)(=O)NC(C)CSCC. The lowest BCUT2D eigenvalue weighted by Gasteiger charge is -2.18. The van der Waals surface area contributed by atoms with E-state index in [4.69, 9.17) is 0 Å². The molecule has 0 aromatic heterocycles. The van der Waals surface area contributed by atoms with Crippen LogP contribution in [0.25, 0.3) is 0 Å². The van der Waals surface area contributed by atoms with Crippen molar-refractivity contribution in [2.75, 3.05) is 24.6 Å². The highest BCUT2D eigenvalue weighted by Gasteiger charge is 2.21. The van der Waals surface area contributed by atoms with Gasteiger partial charge in [-0.3, -0.25) is 0 Å². The van der Waals surface area contributed by atoms with Gasteiger partial charge >= 0.3 is 0 Å². The molecule has 4 nitrogen and oxygen atoms in total. The van der Waals surface area contributed by atoms with E-state index in [2.05, 4.69) is 23.9 Å². The van der Waals surface area contributed by atoms with E-state index in [9.17, 15) is 8.42 Å². The molecule has 0 saturated heterocycles. The van der Waals surface area contributed by atoms with E-state index in [0.717, 1.165) is 24.5 Å². The Balaban J connectivity index is 4.07. The molecule has 0 aromatic carbocycles. The van der Waals surface area contributed by atoms with E-state index in [1.807, 2.05) is 6.92 Å². The van der Waals surface area contributed by atoms with Crippen LogP contribution in [0.4, 0.5) is 0 Å². The molecule has 0 saturated carbocycles. The van der Waals surface area contributed by atoms with Gasteiger partial charge in [0.25, 0.3) is 0 Å². The summed E-state index contributed by atoms with van der Waals surface area (Å²) in [6.07, 6.45) is 1.02. The molecule has 0 aliphatic heterocycles. The molecule has 2 unspecified atom stereocenters. The minimum absolute atomic E-state index is 0.00132. The van der Waals surface area contributed by atoms with Crippen molar-refractivity contribution in [3.63, 3.8) is 0 Å². The molecule has 2 N–H and O–H groups in total. The zero-order valence-corrected chi connectivity index (χ0v) is 13.0. The Morgan fingerprint density at radius 1 is 1.24 bits per heavy atom. The zero-order valence-electron chi connectivity index (χ0n) is 11.3. The van der Waals surface area contributed by atoms with Crippen LogP contribution in [0.2, 0.25) is 0 Å². The van der Waals surface area contributed by atoms with E-state index in [1.54, 1.807) is 18.7 Å². The molecule has 0 radical (unpaired) electrons. The zero-order chi connectivity index (χ0) is 13.3. The normalized spacial score (nSPS) is 15.8.